The number of aliphatic hydroxyl groups excluding tert-OH is 1. The predicted molar refractivity (Wildman–Crippen MR) is 150 cm³/mol. The fourth-order valence-electron chi connectivity index (χ4n) is 4.28. The number of aryl methyl sites for hydroxylation is 1. The first-order valence-corrected chi connectivity index (χ1v) is 12.7. The van der Waals surface area contributed by atoms with Gasteiger partial charge in [0.1, 0.15) is 17.6 Å². The van der Waals surface area contributed by atoms with Crippen LogP contribution in [0.1, 0.15) is 61.9 Å². The number of imidazole rings is 1. The number of hydrogen-bond donors (Lipinski definition) is 2. The summed E-state index contributed by atoms with van der Waals surface area (Å²) in [6.45, 7) is 13.7. The number of aliphatic imine (C=N–C) groups is 1. The van der Waals surface area contributed by atoms with Crippen LogP contribution >= 0.6 is 0 Å². The number of nitrogens with zero attached hydrogens (tertiary/aromatic N) is 4. The molecule has 8 heteroatoms. The summed E-state index contributed by atoms with van der Waals surface area (Å²) in [5.41, 5.74) is 3.33. The standard InChI is InChI=1S/C30H37N5O3/c1-19(2)38-27-13-12-22(15-23(27)16-31)28(37)33-24(26(36)17-32-6)14-20-8-10-21(11-9-20)25-18-35(7)29(34-25)30(3,4)5/h8-13,15,18-19,24,26,36H,6,14,17H2,1-5,7H3,(H,33,37)/t24-,26?/m0/s1. The van der Waals surface area contributed by atoms with Crippen molar-refractivity contribution in [2.75, 3.05) is 6.54 Å². The maximum Gasteiger partial charge on any atom is 0.251 e. The highest BCUT2D eigenvalue weighted by molar-refractivity contribution is 5.95. The van der Waals surface area contributed by atoms with Crippen molar-refractivity contribution in [2.45, 2.75) is 64.7 Å². The van der Waals surface area contributed by atoms with Crippen LogP contribution in [-0.2, 0) is 18.9 Å². The second kappa shape index (κ2) is 12.1. The van der Waals surface area contributed by atoms with Crippen molar-refractivity contribution in [3.8, 4) is 23.1 Å². The predicted octanol–water partition coefficient (Wildman–Crippen LogP) is 4.45. The van der Waals surface area contributed by atoms with E-state index in [1.54, 1.807) is 12.1 Å². The molecule has 0 fully saturated rings. The van der Waals surface area contributed by atoms with Crippen LogP contribution in [0.2, 0.25) is 0 Å². The molecule has 1 aromatic heterocycles. The molecule has 38 heavy (non-hydrogen) atoms. The number of rotatable bonds is 10. The highest BCUT2D eigenvalue weighted by Gasteiger charge is 2.24. The summed E-state index contributed by atoms with van der Waals surface area (Å²) < 4.78 is 7.70. The third-order valence-corrected chi connectivity index (χ3v) is 6.07. The molecule has 3 aromatic rings. The van der Waals surface area contributed by atoms with Gasteiger partial charge < -0.3 is 19.7 Å². The molecule has 0 radical (unpaired) electrons. The van der Waals surface area contributed by atoms with Gasteiger partial charge in [-0.15, -0.1) is 0 Å². The first-order valence-electron chi connectivity index (χ1n) is 12.7. The van der Waals surface area contributed by atoms with Crippen LogP contribution in [0.15, 0.2) is 53.7 Å². The molecule has 0 bridgehead atoms. The Morgan fingerprint density at radius 3 is 2.47 bits per heavy atom. The van der Waals surface area contributed by atoms with Crippen LogP contribution in [0.4, 0.5) is 0 Å². The lowest BCUT2D eigenvalue weighted by Gasteiger charge is -2.23. The van der Waals surface area contributed by atoms with Gasteiger partial charge >= 0.3 is 0 Å². The minimum atomic E-state index is -0.930. The van der Waals surface area contributed by atoms with Crippen LogP contribution in [0, 0.1) is 11.3 Å². The third kappa shape index (κ3) is 7.08. The van der Waals surface area contributed by atoms with Crippen molar-refractivity contribution in [2.24, 2.45) is 12.0 Å². The first kappa shape index (κ1) is 28.6. The van der Waals surface area contributed by atoms with E-state index in [4.69, 9.17) is 9.72 Å². The lowest BCUT2D eigenvalue weighted by molar-refractivity contribution is 0.0846. The Balaban J connectivity index is 1.79. The molecular weight excluding hydrogens is 478 g/mol. The van der Waals surface area contributed by atoms with E-state index in [2.05, 4.69) is 43.9 Å². The van der Waals surface area contributed by atoms with Crippen molar-refractivity contribution in [1.82, 2.24) is 14.9 Å². The van der Waals surface area contributed by atoms with Gasteiger partial charge in [0.15, 0.2) is 0 Å². The van der Waals surface area contributed by atoms with Crippen LogP contribution in [0.3, 0.4) is 0 Å². The average Bonchev–Trinajstić information content (AvgIpc) is 3.26. The summed E-state index contributed by atoms with van der Waals surface area (Å²) in [7, 11) is 2.00. The smallest absolute Gasteiger partial charge is 0.251 e. The normalized spacial score (nSPS) is 13.0. The molecule has 200 valence electrons. The molecular formula is C30H37N5O3. The lowest BCUT2D eigenvalue weighted by atomic mass is 9.96. The van der Waals surface area contributed by atoms with E-state index in [9.17, 15) is 15.2 Å². The van der Waals surface area contributed by atoms with Crippen LogP contribution < -0.4 is 10.1 Å². The second-order valence-corrected chi connectivity index (χ2v) is 10.8. The molecule has 2 atom stereocenters. The SMILES string of the molecule is C=NCC(O)[C@H](Cc1ccc(-c2cn(C)c(C(C)(C)C)n2)cc1)NC(=O)c1ccc(OC(C)C)c(C#N)c1. The third-order valence-electron chi connectivity index (χ3n) is 6.07. The molecule has 1 unspecified atom stereocenters. The highest BCUT2D eigenvalue weighted by atomic mass is 16.5. The van der Waals surface area contributed by atoms with E-state index >= 15 is 0 Å². The fraction of sp³-hybridized carbons (Fsp3) is 0.400. The zero-order chi connectivity index (χ0) is 28.0. The molecule has 0 aliphatic heterocycles. The lowest BCUT2D eigenvalue weighted by Crippen LogP contribution is -2.46. The maximum atomic E-state index is 13.1. The van der Waals surface area contributed by atoms with Crippen molar-refractivity contribution < 1.29 is 14.6 Å². The number of carbonyl (C=O) groups excluding carboxylic acids is 1. The Kier molecular flexibility index (Phi) is 9.08. The fourth-order valence-corrected chi connectivity index (χ4v) is 4.28. The van der Waals surface area contributed by atoms with Gasteiger partial charge in [0.25, 0.3) is 5.91 Å². The Hall–Kier alpha value is -3.96. The van der Waals surface area contributed by atoms with Gasteiger partial charge in [0.2, 0.25) is 0 Å². The van der Waals surface area contributed by atoms with Gasteiger partial charge in [-0.2, -0.15) is 5.26 Å². The van der Waals surface area contributed by atoms with Crippen LogP contribution in [0.25, 0.3) is 11.3 Å². The zero-order valence-corrected chi connectivity index (χ0v) is 23.0. The highest BCUT2D eigenvalue weighted by Crippen LogP contribution is 2.26. The summed E-state index contributed by atoms with van der Waals surface area (Å²) in [5, 5.41) is 23.1. The van der Waals surface area contributed by atoms with E-state index in [1.807, 2.05) is 55.9 Å². The monoisotopic (exact) mass is 515 g/mol. The molecule has 0 aliphatic rings. The van der Waals surface area contributed by atoms with E-state index in [0.717, 1.165) is 22.6 Å². The minimum Gasteiger partial charge on any atom is -0.490 e. The number of aliphatic hydroxyl groups is 1. The van der Waals surface area contributed by atoms with Crippen LogP contribution in [-0.4, -0.2) is 52.1 Å². The first-order chi connectivity index (χ1) is 17.9. The Morgan fingerprint density at radius 2 is 1.92 bits per heavy atom. The van der Waals surface area contributed by atoms with Crippen molar-refractivity contribution in [3.63, 3.8) is 0 Å². The Labute approximate surface area is 225 Å². The Bertz CT molecular complexity index is 1310. The molecule has 3 rings (SSSR count). The van der Waals surface area contributed by atoms with E-state index < -0.39 is 18.1 Å². The molecule has 0 aliphatic carbocycles. The number of nitriles is 1. The number of amides is 1. The maximum absolute atomic E-state index is 13.1. The number of aromatic nitrogens is 2. The zero-order valence-electron chi connectivity index (χ0n) is 23.0. The van der Waals surface area contributed by atoms with Gasteiger partial charge in [-0.1, -0.05) is 45.0 Å². The number of carbonyl (C=O) groups is 1. The molecule has 8 nitrogen and oxygen atoms in total. The minimum absolute atomic E-state index is 0.0660. The number of nitrogens with one attached hydrogen (secondary N) is 1. The van der Waals surface area contributed by atoms with E-state index in [1.165, 1.54) is 6.07 Å². The van der Waals surface area contributed by atoms with Gasteiger partial charge in [0.05, 0.1) is 36.1 Å². The summed E-state index contributed by atoms with van der Waals surface area (Å²) in [4.78, 5) is 21.7. The molecule has 2 aromatic carbocycles. The van der Waals surface area contributed by atoms with Gasteiger partial charge in [-0.25, -0.2) is 4.98 Å². The summed E-state index contributed by atoms with van der Waals surface area (Å²) >= 11 is 0. The van der Waals surface area contributed by atoms with Crippen molar-refractivity contribution in [1.29, 1.82) is 5.26 Å². The van der Waals surface area contributed by atoms with Gasteiger partial charge in [0, 0.05) is 29.8 Å². The number of ether oxygens (including phenoxy) is 1. The summed E-state index contributed by atoms with van der Waals surface area (Å²) in [6.07, 6.45) is 1.38. The van der Waals surface area contributed by atoms with E-state index in [0.29, 0.717) is 17.7 Å². The topological polar surface area (TPSA) is 113 Å². The van der Waals surface area contributed by atoms with Crippen LogP contribution in [0.5, 0.6) is 5.75 Å². The number of hydrogen-bond acceptors (Lipinski definition) is 6. The molecule has 0 saturated carbocycles. The molecule has 0 spiro atoms. The van der Waals surface area contributed by atoms with Crippen molar-refractivity contribution >= 4 is 12.6 Å². The van der Waals surface area contributed by atoms with Crippen molar-refractivity contribution in [3.05, 3.63) is 71.2 Å². The van der Waals surface area contributed by atoms with Gasteiger partial charge in [-0.3, -0.25) is 9.79 Å². The second-order valence-electron chi connectivity index (χ2n) is 10.8. The average molecular weight is 516 g/mol. The summed E-state index contributed by atoms with van der Waals surface area (Å²) in [6, 6.07) is 14.1. The number of benzene rings is 2. The van der Waals surface area contributed by atoms with Gasteiger partial charge in [-0.05, 0) is 50.7 Å². The molecule has 1 heterocycles. The molecule has 0 saturated heterocycles. The molecule has 1 amide bonds. The Morgan fingerprint density at radius 1 is 1.24 bits per heavy atom. The van der Waals surface area contributed by atoms with E-state index in [-0.39, 0.29) is 23.6 Å². The quantitative estimate of drug-likeness (QED) is 0.388. The summed E-state index contributed by atoms with van der Waals surface area (Å²) in [5.74, 6) is 1.03. The largest absolute Gasteiger partial charge is 0.490 e. The molecule has 2 N–H and O–H groups in total.